The maximum absolute atomic E-state index is 3.39. The molecule has 1 heteroatoms. The standard InChI is InChI=1S/C12H11N/c1-2-6-11-9(4-1)8-10-5-3-7-13-12(10)11/h1-7,12-13H,8H2. The second kappa shape index (κ2) is 2.49. The molecule has 0 aromatic heterocycles. The van der Waals surface area contributed by atoms with Gasteiger partial charge in [0.15, 0.2) is 0 Å². The van der Waals surface area contributed by atoms with Crippen LogP contribution in [0.3, 0.4) is 0 Å². The van der Waals surface area contributed by atoms with Crippen LogP contribution in [0, 0.1) is 0 Å². The second-order valence-electron chi connectivity index (χ2n) is 3.58. The second-order valence-corrected chi connectivity index (χ2v) is 3.58. The Labute approximate surface area is 77.8 Å². The number of hydrogen-bond donors (Lipinski definition) is 1. The molecule has 1 aromatic carbocycles. The number of nitrogens with one attached hydrogen (secondary N) is 1. The summed E-state index contributed by atoms with van der Waals surface area (Å²) in [5, 5.41) is 3.39. The van der Waals surface area contributed by atoms with Gasteiger partial charge in [0.1, 0.15) is 0 Å². The fourth-order valence-corrected chi connectivity index (χ4v) is 2.17. The lowest BCUT2D eigenvalue weighted by Gasteiger charge is -2.16. The van der Waals surface area contributed by atoms with Gasteiger partial charge in [-0.3, -0.25) is 0 Å². The first-order valence-electron chi connectivity index (χ1n) is 4.64. The fraction of sp³-hybridized carbons (Fsp3) is 0.167. The van der Waals surface area contributed by atoms with E-state index in [1.165, 1.54) is 16.7 Å². The fourth-order valence-electron chi connectivity index (χ4n) is 2.17. The highest BCUT2D eigenvalue weighted by molar-refractivity contribution is 5.47. The van der Waals surface area contributed by atoms with Crippen molar-refractivity contribution in [3.05, 3.63) is 59.3 Å². The van der Waals surface area contributed by atoms with Crippen LogP contribution in [-0.4, -0.2) is 0 Å². The highest BCUT2D eigenvalue weighted by Crippen LogP contribution is 2.36. The smallest absolute Gasteiger partial charge is 0.0731 e. The predicted molar refractivity (Wildman–Crippen MR) is 53.2 cm³/mol. The topological polar surface area (TPSA) is 12.0 Å². The summed E-state index contributed by atoms with van der Waals surface area (Å²) in [6, 6.07) is 9.11. The number of allylic oxidation sites excluding steroid dienone is 2. The van der Waals surface area contributed by atoms with E-state index in [1.54, 1.807) is 0 Å². The molecular weight excluding hydrogens is 158 g/mol. The molecule has 2 aliphatic rings. The normalized spacial score (nSPS) is 23.1. The van der Waals surface area contributed by atoms with E-state index in [1.807, 2.05) is 6.20 Å². The number of rotatable bonds is 0. The highest BCUT2D eigenvalue weighted by atomic mass is 14.9. The SMILES string of the molecule is C1=CNC2C(=C1)Cc1ccccc12. The first-order chi connectivity index (χ1) is 6.45. The summed E-state index contributed by atoms with van der Waals surface area (Å²) in [5.74, 6) is 0. The van der Waals surface area contributed by atoms with Crippen LogP contribution >= 0.6 is 0 Å². The van der Waals surface area contributed by atoms with Crippen LogP contribution in [0.25, 0.3) is 0 Å². The van der Waals surface area contributed by atoms with E-state index in [0.29, 0.717) is 6.04 Å². The van der Waals surface area contributed by atoms with Gasteiger partial charge in [0.2, 0.25) is 0 Å². The molecule has 3 rings (SSSR count). The van der Waals surface area contributed by atoms with E-state index < -0.39 is 0 Å². The Morgan fingerprint density at radius 1 is 1.23 bits per heavy atom. The van der Waals surface area contributed by atoms with Gasteiger partial charge < -0.3 is 5.32 Å². The maximum atomic E-state index is 3.39. The molecule has 13 heavy (non-hydrogen) atoms. The molecule has 0 fully saturated rings. The summed E-state index contributed by atoms with van der Waals surface area (Å²) >= 11 is 0. The molecule has 1 aliphatic heterocycles. The maximum Gasteiger partial charge on any atom is 0.0731 e. The third-order valence-corrected chi connectivity index (χ3v) is 2.80. The lowest BCUT2D eigenvalue weighted by Crippen LogP contribution is -2.16. The van der Waals surface area contributed by atoms with E-state index in [9.17, 15) is 0 Å². The third kappa shape index (κ3) is 0.934. The molecule has 1 unspecified atom stereocenters. The third-order valence-electron chi connectivity index (χ3n) is 2.80. The van der Waals surface area contributed by atoms with Crippen LogP contribution in [0.15, 0.2) is 48.2 Å². The summed E-state index contributed by atoms with van der Waals surface area (Å²) in [5.41, 5.74) is 4.40. The van der Waals surface area contributed by atoms with Gasteiger partial charge in [0.05, 0.1) is 6.04 Å². The van der Waals surface area contributed by atoms with Crippen molar-refractivity contribution >= 4 is 0 Å². The zero-order valence-corrected chi connectivity index (χ0v) is 7.33. The Morgan fingerprint density at radius 3 is 3.15 bits per heavy atom. The lowest BCUT2D eigenvalue weighted by molar-refractivity contribution is 0.722. The summed E-state index contributed by atoms with van der Waals surface area (Å²) < 4.78 is 0. The van der Waals surface area contributed by atoms with E-state index in [0.717, 1.165) is 6.42 Å². The van der Waals surface area contributed by atoms with Crippen LogP contribution in [0.1, 0.15) is 17.2 Å². The molecule has 0 radical (unpaired) electrons. The zero-order valence-electron chi connectivity index (χ0n) is 7.33. The first-order valence-corrected chi connectivity index (χ1v) is 4.64. The van der Waals surface area contributed by atoms with E-state index in [2.05, 4.69) is 41.7 Å². The molecule has 0 bridgehead atoms. The molecule has 1 aromatic rings. The van der Waals surface area contributed by atoms with Gasteiger partial charge in [-0.15, -0.1) is 0 Å². The van der Waals surface area contributed by atoms with Gasteiger partial charge in [-0.05, 0) is 35.4 Å². The monoisotopic (exact) mass is 169 g/mol. The Morgan fingerprint density at radius 2 is 2.15 bits per heavy atom. The van der Waals surface area contributed by atoms with Crippen molar-refractivity contribution in [2.24, 2.45) is 0 Å². The van der Waals surface area contributed by atoms with E-state index in [-0.39, 0.29) is 0 Å². The van der Waals surface area contributed by atoms with Crippen LogP contribution < -0.4 is 5.32 Å². The molecule has 1 N–H and O–H groups in total. The first kappa shape index (κ1) is 6.96. The van der Waals surface area contributed by atoms with Gasteiger partial charge in [0, 0.05) is 0 Å². The summed E-state index contributed by atoms with van der Waals surface area (Å²) in [4.78, 5) is 0. The van der Waals surface area contributed by atoms with Crippen molar-refractivity contribution in [2.45, 2.75) is 12.5 Å². The predicted octanol–water partition coefficient (Wildman–Crippen LogP) is 2.33. The molecule has 1 aliphatic carbocycles. The largest absolute Gasteiger partial charge is 0.380 e. The number of fused-ring (bicyclic) bond motifs is 3. The van der Waals surface area contributed by atoms with Gasteiger partial charge >= 0.3 is 0 Å². The molecule has 0 amide bonds. The zero-order chi connectivity index (χ0) is 8.67. The molecule has 0 saturated heterocycles. The number of hydrogen-bond acceptors (Lipinski definition) is 1. The van der Waals surface area contributed by atoms with Crippen molar-refractivity contribution in [1.82, 2.24) is 5.32 Å². The molecule has 0 saturated carbocycles. The van der Waals surface area contributed by atoms with Crippen LogP contribution in [0.2, 0.25) is 0 Å². The van der Waals surface area contributed by atoms with Crippen LogP contribution in [0.5, 0.6) is 0 Å². The average molecular weight is 169 g/mol. The van der Waals surface area contributed by atoms with Gasteiger partial charge in [-0.25, -0.2) is 0 Å². The molecule has 1 nitrogen and oxygen atoms in total. The molecule has 1 atom stereocenters. The molecular formula is C12H11N. The minimum atomic E-state index is 0.446. The Bertz CT molecular complexity index is 401. The van der Waals surface area contributed by atoms with Crippen molar-refractivity contribution in [3.8, 4) is 0 Å². The van der Waals surface area contributed by atoms with Crippen molar-refractivity contribution in [3.63, 3.8) is 0 Å². The van der Waals surface area contributed by atoms with Gasteiger partial charge in [-0.2, -0.15) is 0 Å². The van der Waals surface area contributed by atoms with E-state index in [4.69, 9.17) is 0 Å². The van der Waals surface area contributed by atoms with Gasteiger partial charge in [-0.1, -0.05) is 30.3 Å². The minimum absolute atomic E-state index is 0.446. The number of dihydropyridines is 1. The van der Waals surface area contributed by atoms with Crippen molar-refractivity contribution in [2.75, 3.05) is 0 Å². The Balaban J connectivity index is 2.14. The highest BCUT2D eigenvalue weighted by Gasteiger charge is 2.26. The lowest BCUT2D eigenvalue weighted by atomic mass is 10.1. The van der Waals surface area contributed by atoms with Crippen molar-refractivity contribution < 1.29 is 0 Å². The van der Waals surface area contributed by atoms with E-state index >= 15 is 0 Å². The van der Waals surface area contributed by atoms with Crippen LogP contribution in [0.4, 0.5) is 0 Å². The molecule has 1 heterocycles. The molecule has 64 valence electrons. The molecule has 0 spiro atoms. The summed E-state index contributed by atoms with van der Waals surface area (Å²) in [7, 11) is 0. The number of benzene rings is 1. The van der Waals surface area contributed by atoms with Crippen molar-refractivity contribution in [1.29, 1.82) is 0 Å². The average Bonchev–Trinajstić information content (AvgIpc) is 2.56. The Hall–Kier alpha value is -1.50. The summed E-state index contributed by atoms with van der Waals surface area (Å²) in [6.07, 6.45) is 7.44. The Kier molecular flexibility index (Phi) is 1.33. The summed E-state index contributed by atoms with van der Waals surface area (Å²) in [6.45, 7) is 0. The quantitative estimate of drug-likeness (QED) is 0.628. The minimum Gasteiger partial charge on any atom is -0.380 e. The van der Waals surface area contributed by atoms with Gasteiger partial charge in [0.25, 0.3) is 0 Å². The van der Waals surface area contributed by atoms with Crippen LogP contribution in [-0.2, 0) is 6.42 Å².